The van der Waals surface area contributed by atoms with E-state index in [9.17, 15) is 17.6 Å². The monoisotopic (exact) mass is 265 g/mol. The number of aromatic nitrogens is 3. The fourth-order valence-corrected chi connectivity index (χ4v) is 1.68. The van der Waals surface area contributed by atoms with Crippen LogP contribution in [0.4, 0.5) is 17.6 Å². The zero-order valence-corrected chi connectivity index (χ0v) is 9.15. The summed E-state index contributed by atoms with van der Waals surface area (Å²) >= 11 is 4.80. The smallest absolute Gasteiger partial charge is 0.325 e. The van der Waals surface area contributed by atoms with Gasteiger partial charge in [0.2, 0.25) is 0 Å². The van der Waals surface area contributed by atoms with Crippen LogP contribution >= 0.6 is 12.2 Å². The summed E-state index contributed by atoms with van der Waals surface area (Å²) in [7, 11) is 0. The van der Waals surface area contributed by atoms with Gasteiger partial charge in [0, 0.05) is 6.20 Å². The topological polar surface area (TPSA) is 33.6 Å². The Morgan fingerprint density at radius 1 is 1.47 bits per heavy atom. The molecule has 2 aromatic heterocycles. The summed E-state index contributed by atoms with van der Waals surface area (Å²) in [5.41, 5.74) is 0.570. The minimum Gasteiger partial charge on any atom is -0.329 e. The van der Waals surface area contributed by atoms with Gasteiger partial charge in [0.15, 0.2) is 10.4 Å². The second kappa shape index (κ2) is 4.10. The van der Waals surface area contributed by atoms with E-state index in [2.05, 4.69) is 9.97 Å². The molecule has 0 amide bonds. The molecule has 0 bridgehead atoms. The van der Waals surface area contributed by atoms with Crippen molar-refractivity contribution in [3.63, 3.8) is 0 Å². The second-order valence-corrected chi connectivity index (χ2v) is 3.84. The molecule has 0 fully saturated rings. The van der Waals surface area contributed by atoms with Gasteiger partial charge in [-0.25, -0.2) is 13.8 Å². The quantitative estimate of drug-likeness (QED) is 0.683. The number of fused-ring (bicyclic) bond motifs is 1. The maximum atomic E-state index is 13.0. The molecule has 0 aliphatic heterocycles. The Kier molecular flexibility index (Phi) is 2.90. The van der Waals surface area contributed by atoms with E-state index in [0.717, 1.165) is 4.57 Å². The van der Waals surface area contributed by atoms with E-state index in [-0.39, 0.29) is 10.4 Å². The summed E-state index contributed by atoms with van der Waals surface area (Å²) in [5, 5.41) is 0. The molecule has 0 aliphatic carbocycles. The van der Waals surface area contributed by atoms with Crippen molar-refractivity contribution in [1.82, 2.24) is 14.5 Å². The number of hydrogen-bond acceptors (Lipinski definition) is 2. The molecular weight excluding hydrogens is 258 g/mol. The van der Waals surface area contributed by atoms with Crippen molar-refractivity contribution in [3.8, 4) is 0 Å². The number of pyridine rings is 1. The van der Waals surface area contributed by atoms with Crippen molar-refractivity contribution in [3.05, 3.63) is 23.1 Å². The average molecular weight is 265 g/mol. The molecule has 0 aromatic carbocycles. The SMILES string of the molecule is FC(F)C(F)(F)Cn1c(=S)[nH]c2cccnc21. The van der Waals surface area contributed by atoms with Crippen molar-refractivity contribution in [2.45, 2.75) is 18.9 Å². The molecule has 2 rings (SSSR count). The molecule has 1 N–H and O–H groups in total. The molecule has 3 nitrogen and oxygen atoms in total. The molecular formula is C9H7F4N3S. The highest BCUT2D eigenvalue weighted by molar-refractivity contribution is 7.71. The minimum atomic E-state index is -4.13. The van der Waals surface area contributed by atoms with Crippen LogP contribution < -0.4 is 0 Å². The van der Waals surface area contributed by atoms with E-state index >= 15 is 0 Å². The maximum Gasteiger partial charge on any atom is 0.325 e. The third-order valence-electron chi connectivity index (χ3n) is 2.22. The summed E-state index contributed by atoms with van der Waals surface area (Å²) in [6.07, 6.45) is -2.36. The maximum absolute atomic E-state index is 13.0. The van der Waals surface area contributed by atoms with E-state index in [4.69, 9.17) is 12.2 Å². The van der Waals surface area contributed by atoms with E-state index in [1.807, 2.05) is 0 Å². The third-order valence-corrected chi connectivity index (χ3v) is 2.54. The zero-order chi connectivity index (χ0) is 12.6. The number of alkyl halides is 4. The zero-order valence-electron chi connectivity index (χ0n) is 8.33. The molecule has 17 heavy (non-hydrogen) atoms. The second-order valence-electron chi connectivity index (χ2n) is 3.45. The fraction of sp³-hybridized carbons (Fsp3) is 0.333. The van der Waals surface area contributed by atoms with Crippen LogP contribution in [0.3, 0.4) is 0 Å². The predicted molar refractivity (Wildman–Crippen MR) is 55.9 cm³/mol. The highest BCUT2D eigenvalue weighted by Crippen LogP contribution is 2.26. The standard InChI is InChI=1S/C9H7F4N3S/c10-7(11)9(12,13)4-16-6-5(15-8(16)17)2-1-3-14-6/h1-3,7H,4H2,(H,15,17). The predicted octanol–water partition coefficient (Wildman–Crippen LogP) is 2.99. The highest BCUT2D eigenvalue weighted by Gasteiger charge is 2.41. The van der Waals surface area contributed by atoms with Gasteiger partial charge in [-0.2, -0.15) is 8.78 Å². The molecule has 8 heteroatoms. The van der Waals surface area contributed by atoms with Crippen molar-refractivity contribution in [1.29, 1.82) is 0 Å². The van der Waals surface area contributed by atoms with Gasteiger partial charge in [-0.15, -0.1) is 0 Å². The molecule has 0 spiro atoms. The minimum absolute atomic E-state index is 0.0565. The first-order valence-corrected chi connectivity index (χ1v) is 5.02. The Morgan fingerprint density at radius 2 is 2.18 bits per heavy atom. The number of imidazole rings is 1. The van der Waals surface area contributed by atoms with Gasteiger partial charge in [0.25, 0.3) is 0 Å². The summed E-state index contributed by atoms with van der Waals surface area (Å²) in [6, 6.07) is 3.17. The number of nitrogens with one attached hydrogen (secondary N) is 1. The number of rotatable bonds is 3. The first-order valence-electron chi connectivity index (χ1n) is 4.61. The highest BCUT2D eigenvalue weighted by atomic mass is 32.1. The summed E-state index contributed by atoms with van der Waals surface area (Å²) in [4.78, 5) is 6.46. The van der Waals surface area contributed by atoms with Gasteiger partial charge in [-0.3, -0.25) is 4.57 Å². The van der Waals surface area contributed by atoms with Crippen LogP contribution in [0.15, 0.2) is 18.3 Å². The van der Waals surface area contributed by atoms with Gasteiger partial charge in [-0.05, 0) is 24.4 Å². The molecule has 0 unspecified atom stereocenters. The number of aromatic amines is 1. The first-order chi connectivity index (χ1) is 7.92. The van der Waals surface area contributed by atoms with Crippen molar-refractivity contribution < 1.29 is 17.6 Å². The largest absolute Gasteiger partial charge is 0.329 e. The lowest BCUT2D eigenvalue weighted by Crippen LogP contribution is -2.32. The van der Waals surface area contributed by atoms with Gasteiger partial charge in [0.1, 0.15) is 0 Å². The van der Waals surface area contributed by atoms with Gasteiger partial charge < -0.3 is 4.98 Å². The van der Waals surface area contributed by atoms with E-state index in [0.29, 0.717) is 5.52 Å². The molecule has 0 saturated carbocycles. The molecule has 2 heterocycles. The molecule has 0 saturated heterocycles. The van der Waals surface area contributed by atoms with E-state index < -0.39 is 18.9 Å². The van der Waals surface area contributed by atoms with Gasteiger partial charge in [0.05, 0.1) is 12.1 Å². The molecule has 0 atom stereocenters. The molecule has 0 radical (unpaired) electrons. The Hall–Kier alpha value is -1.44. The fourth-order valence-electron chi connectivity index (χ4n) is 1.42. The number of halogens is 4. The van der Waals surface area contributed by atoms with Crippen LogP contribution in [0.5, 0.6) is 0 Å². The van der Waals surface area contributed by atoms with E-state index in [1.54, 1.807) is 12.1 Å². The Balaban J connectivity index is 2.49. The van der Waals surface area contributed by atoms with Crippen LogP contribution in [-0.2, 0) is 6.54 Å². The van der Waals surface area contributed by atoms with Gasteiger partial charge in [-0.1, -0.05) is 0 Å². The summed E-state index contributed by atoms with van der Waals surface area (Å²) < 4.78 is 50.9. The lowest BCUT2D eigenvalue weighted by Gasteiger charge is -2.15. The van der Waals surface area contributed by atoms with Crippen molar-refractivity contribution >= 4 is 23.4 Å². The Morgan fingerprint density at radius 3 is 2.82 bits per heavy atom. The summed E-state index contributed by atoms with van der Waals surface area (Å²) in [5.74, 6) is -4.13. The number of H-pyrrole nitrogens is 1. The van der Waals surface area contributed by atoms with Gasteiger partial charge >= 0.3 is 12.3 Å². The van der Waals surface area contributed by atoms with Crippen LogP contribution in [0.2, 0.25) is 0 Å². The van der Waals surface area contributed by atoms with Crippen LogP contribution in [0.1, 0.15) is 0 Å². The normalized spacial score (nSPS) is 12.5. The molecule has 92 valence electrons. The average Bonchev–Trinajstić information content (AvgIpc) is 2.55. The number of nitrogens with zero attached hydrogens (tertiary/aromatic N) is 2. The molecule has 0 aliphatic rings. The Bertz CT molecular complexity index is 589. The van der Waals surface area contributed by atoms with Crippen molar-refractivity contribution in [2.75, 3.05) is 0 Å². The van der Waals surface area contributed by atoms with E-state index in [1.165, 1.54) is 6.20 Å². The summed E-state index contributed by atoms with van der Waals surface area (Å²) in [6.45, 7) is -1.19. The molecule has 2 aromatic rings. The van der Waals surface area contributed by atoms with Crippen LogP contribution in [0, 0.1) is 4.77 Å². The van der Waals surface area contributed by atoms with Crippen LogP contribution in [0.25, 0.3) is 11.2 Å². The lowest BCUT2D eigenvalue weighted by atomic mass is 10.3. The first kappa shape index (κ1) is 12.0. The van der Waals surface area contributed by atoms with Crippen molar-refractivity contribution in [2.24, 2.45) is 0 Å². The Labute approximate surface area is 98.1 Å². The van der Waals surface area contributed by atoms with Crippen LogP contribution in [-0.4, -0.2) is 26.9 Å². The third kappa shape index (κ3) is 2.17. The lowest BCUT2D eigenvalue weighted by molar-refractivity contribution is -0.137. The number of hydrogen-bond donors (Lipinski definition) is 1.